The quantitative estimate of drug-likeness (QED) is 0.173. The summed E-state index contributed by atoms with van der Waals surface area (Å²) in [7, 11) is 0. The van der Waals surface area contributed by atoms with Gasteiger partial charge < -0.3 is 37.6 Å². The van der Waals surface area contributed by atoms with Crippen molar-refractivity contribution in [1.82, 2.24) is 16.0 Å². The van der Waals surface area contributed by atoms with E-state index in [2.05, 4.69) is 10.6 Å². The summed E-state index contributed by atoms with van der Waals surface area (Å²) in [4.78, 5) is 67.7. The highest BCUT2D eigenvalue weighted by Crippen LogP contribution is 1.98. The first-order valence-electron chi connectivity index (χ1n) is 7.80. The normalized spacial score (nSPS) is 13.6. The Morgan fingerprint density at radius 3 is 2.00 bits per heavy atom. The van der Waals surface area contributed by atoms with Gasteiger partial charge in [-0.1, -0.05) is 0 Å². The van der Waals surface area contributed by atoms with E-state index in [4.69, 9.17) is 21.7 Å². The molecule has 0 aromatic rings. The molecular weight excluding hydrogens is 366 g/mol. The van der Waals surface area contributed by atoms with E-state index in [1.807, 2.05) is 5.32 Å². The summed E-state index contributed by atoms with van der Waals surface area (Å²) in [5, 5.41) is 23.5. The fourth-order valence-corrected chi connectivity index (χ4v) is 1.79. The van der Waals surface area contributed by atoms with Crippen LogP contribution in [0, 0.1) is 0 Å². The van der Waals surface area contributed by atoms with E-state index in [1.165, 1.54) is 6.92 Å². The molecule has 3 atom stereocenters. The first-order valence-corrected chi connectivity index (χ1v) is 7.80. The van der Waals surface area contributed by atoms with Crippen LogP contribution in [0.5, 0.6) is 0 Å². The molecule has 0 aromatic heterocycles. The topological polar surface area (TPSA) is 231 Å². The van der Waals surface area contributed by atoms with Gasteiger partial charge in [0.2, 0.25) is 23.6 Å². The Morgan fingerprint density at radius 1 is 0.926 bits per heavy atom. The van der Waals surface area contributed by atoms with Crippen LogP contribution < -0.4 is 27.4 Å². The number of carboxylic acid groups (broad SMARTS) is 2. The Balaban J connectivity index is 4.77. The second-order valence-electron chi connectivity index (χ2n) is 5.61. The highest BCUT2D eigenvalue weighted by molar-refractivity contribution is 5.95. The minimum atomic E-state index is -1.44. The van der Waals surface area contributed by atoms with Crippen LogP contribution >= 0.6 is 0 Å². The molecule has 27 heavy (non-hydrogen) atoms. The number of primary amides is 1. The molecule has 0 saturated heterocycles. The minimum absolute atomic E-state index is 0.141. The molecule has 0 spiro atoms. The highest BCUT2D eigenvalue weighted by atomic mass is 16.4. The summed E-state index contributed by atoms with van der Waals surface area (Å²) in [6.07, 6.45) is -1.06. The van der Waals surface area contributed by atoms with Gasteiger partial charge >= 0.3 is 11.9 Å². The van der Waals surface area contributed by atoms with Gasteiger partial charge in [-0.05, 0) is 13.3 Å². The Bertz CT molecular complexity index is 608. The molecule has 0 fully saturated rings. The molecule has 0 radical (unpaired) electrons. The molecule has 0 bridgehead atoms. The number of carbonyl (C=O) groups excluding carboxylic acids is 4. The molecular formula is C14H23N5O8. The zero-order valence-corrected chi connectivity index (χ0v) is 14.6. The second-order valence-corrected chi connectivity index (χ2v) is 5.61. The molecule has 13 heteroatoms. The van der Waals surface area contributed by atoms with Gasteiger partial charge in [0.15, 0.2) is 0 Å². The van der Waals surface area contributed by atoms with Crippen LogP contribution in [0.3, 0.4) is 0 Å². The number of nitrogens with two attached hydrogens (primary N) is 2. The predicted octanol–water partition coefficient (Wildman–Crippen LogP) is -3.76. The lowest BCUT2D eigenvalue weighted by molar-refractivity contribution is -0.139. The van der Waals surface area contributed by atoms with Crippen LogP contribution in [0.1, 0.15) is 26.2 Å². The van der Waals surface area contributed by atoms with Crippen molar-refractivity contribution >= 4 is 35.6 Å². The van der Waals surface area contributed by atoms with Crippen LogP contribution in [0.2, 0.25) is 0 Å². The van der Waals surface area contributed by atoms with Crippen molar-refractivity contribution in [3.05, 3.63) is 0 Å². The Labute approximate surface area is 153 Å². The van der Waals surface area contributed by atoms with Crippen LogP contribution in [0.4, 0.5) is 0 Å². The van der Waals surface area contributed by atoms with Gasteiger partial charge in [-0.25, -0.2) is 0 Å². The van der Waals surface area contributed by atoms with Gasteiger partial charge in [0.25, 0.3) is 0 Å². The molecule has 13 nitrogen and oxygen atoms in total. The molecule has 9 N–H and O–H groups in total. The van der Waals surface area contributed by atoms with Crippen molar-refractivity contribution in [3.63, 3.8) is 0 Å². The number of carboxylic acids is 2. The van der Waals surface area contributed by atoms with Gasteiger partial charge in [0.05, 0.1) is 12.5 Å². The summed E-state index contributed by atoms with van der Waals surface area (Å²) in [5.41, 5.74) is 10.5. The maximum atomic E-state index is 12.1. The Kier molecular flexibility index (Phi) is 10.0. The van der Waals surface area contributed by atoms with Gasteiger partial charge in [0, 0.05) is 6.42 Å². The fraction of sp³-hybridized carbons (Fsp3) is 0.571. The van der Waals surface area contributed by atoms with E-state index >= 15 is 0 Å². The third-order valence-corrected chi connectivity index (χ3v) is 3.21. The number of amides is 4. The number of hydrogen-bond donors (Lipinski definition) is 7. The second kappa shape index (κ2) is 11.4. The molecule has 0 aromatic carbocycles. The zero-order valence-electron chi connectivity index (χ0n) is 14.6. The molecule has 0 aliphatic carbocycles. The number of carbonyl (C=O) groups is 6. The Morgan fingerprint density at radius 2 is 1.52 bits per heavy atom. The maximum Gasteiger partial charge on any atom is 0.322 e. The van der Waals surface area contributed by atoms with Crippen LogP contribution in [-0.4, -0.2) is 70.5 Å². The third-order valence-electron chi connectivity index (χ3n) is 3.21. The summed E-state index contributed by atoms with van der Waals surface area (Å²) in [6.45, 7) is 0.544. The molecule has 4 amide bonds. The molecule has 0 aliphatic rings. The highest BCUT2D eigenvalue weighted by Gasteiger charge is 2.27. The zero-order chi connectivity index (χ0) is 21.1. The minimum Gasteiger partial charge on any atom is -0.481 e. The molecule has 3 unspecified atom stereocenters. The van der Waals surface area contributed by atoms with Crippen molar-refractivity contribution < 1.29 is 39.0 Å². The number of aliphatic carboxylic acids is 2. The number of rotatable bonds is 12. The Hall–Kier alpha value is -3.22. The van der Waals surface area contributed by atoms with Crippen LogP contribution in [0.25, 0.3) is 0 Å². The van der Waals surface area contributed by atoms with E-state index in [1.54, 1.807) is 0 Å². The lowest BCUT2D eigenvalue weighted by atomic mass is 10.1. The molecule has 0 saturated carbocycles. The SMILES string of the molecule is CC(NC(=O)C(N)CCC(=O)O)C(=O)NC(CC(N)=O)C(=O)NCC(=O)O. The van der Waals surface area contributed by atoms with Crippen molar-refractivity contribution in [2.24, 2.45) is 11.5 Å². The van der Waals surface area contributed by atoms with Gasteiger partial charge in [-0.3, -0.25) is 28.8 Å². The van der Waals surface area contributed by atoms with Crippen LogP contribution in [-0.2, 0) is 28.8 Å². The summed E-state index contributed by atoms with van der Waals surface area (Å²) in [6, 6.07) is -3.76. The van der Waals surface area contributed by atoms with Gasteiger partial charge in [-0.15, -0.1) is 0 Å². The van der Waals surface area contributed by atoms with E-state index in [-0.39, 0.29) is 12.8 Å². The molecule has 0 rings (SSSR count). The number of hydrogen-bond acceptors (Lipinski definition) is 7. The lowest BCUT2D eigenvalue weighted by Crippen LogP contribution is -2.55. The van der Waals surface area contributed by atoms with Crippen molar-refractivity contribution in [2.45, 2.75) is 44.3 Å². The summed E-state index contributed by atoms with van der Waals surface area (Å²) < 4.78 is 0. The third kappa shape index (κ3) is 10.4. The van der Waals surface area contributed by atoms with E-state index in [9.17, 15) is 28.8 Å². The van der Waals surface area contributed by atoms with Crippen molar-refractivity contribution in [3.8, 4) is 0 Å². The predicted molar refractivity (Wildman–Crippen MR) is 88.8 cm³/mol. The molecule has 152 valence electrons. The molecule has 0 heterocycles. The monoisotopic (exact) mass is 389 g/mol. The maximum absolute atomic E-state index is 12.1. The van der Waals surface area contributed by atoms with E-state index in [0.29, 0.717) is 0 Å². The number of nitrogens with one attached hydrogen (secondary N) is 3. The average molecular weight is 389 g/mol. The standard InChI is InChI=1S/C14H23N5O8/c1-6(18-13(26)7(15)2-3-10(21)22)12(25)19-8(4-9(16)20)14(27)17-5-11(23)24/h6-8H,2-5,15H2,1H3,(H2,16,20)(H,17,27)(H,18,26)(H,19,25)(H,21,22)(H,23,24). The van der Waals surface area contributed by atoms with E-state index < -0.39 is 66.7 Å². The first-order chi connectivity index (χ1) is 12.4. The molecule has 0 aliphatic heterocycles. The van der Waals surface area contributed by atoms with Gasteiger partial charge in [-0.2, -0.15) is 0 Å². The average Bonchev–Trinajstić information content (AvgIpc) is 2.55. The lowest BCUT2D eigenvalue weighted by Gasteiger charge is -2.21. The van der Waals surface area contributed by atoms with Crippen molar-refractivity contribution in [2.75, 3.05) is 6.54 Å². The largest absolute Gasteiger partial charge is 0.481 e. The van der Waals surface area contributed by atoms with E-state index in [0.717, 1.165) is 0 Å². The first kappa shape index (κ1) is 23.8. The summed E-state index contributed by atoms with van der Waals surface area (Å²) >= 11 is 0. The smallest absolute Gasteiger partial charge is 0.322 e. The van der Waals surface area contributed by atoms with Crippen LogP contribution in [0.15, 0.2) is 0 Å². The summed E-state index contributed by atoms with van der Waals surface area (Å²) in [5.74, 6) is -5.96. The fourth-order valence-electron chi connectivity index (χ4n) is 1.79. The van der Waals surface area contributed by atoms with Gasteiger partial charge in [0.1, 0.15) is 18.6 Å². The van der Waals surface area contributed by atoms with Crippen molar-refractivity contribution in [1.29, 1.82) is 0 Å².